The van der Waals surface area contributed by atoms with E-state index in [0.717, 1.165) is 0 Å². The van der Waals surface area contributed by atoms with Gasteiger partial charge in [0.1, 0.15) is 0 Å². The Morgan fingerprint density at radius 2 is 1.13 bits per heavy atom. The maximum atomic E-state index is 9.55. The molecule has 0 heterocycles. The number of aliphatic hydroxyl groups excluding tert-OH is 1. The summed E-state index contributed by atoms with van der Waals surface area (Å²) in [5.41, 5.74) is 0. The highest BCUT2D eigenvalue weighted by Gasteiger charge is 2.37. The average molecular weight is 212 g/mol. The molecule has 15 heavy (non-hydrogen) atoms. The predicted octanol–water partition coefficient (Wildman–Crippen LogP) is 2.68. The SMILES string of the molecule is OC(O)C(C1CCCCCC1)C1CCC1. The maximum Gasteiger partial charge on any atom is 0.154 e. The largest absolute Gasteiger partial charge is 0.368 e. The van der Waals surface area contributed by atoms with Gasteiger partial charge >= 0.3 is 0 Å². The summed E-state index contributed by atoms with van der Waals surface area (Å²) in [6.07, 6.45) is 10.4. The summed E-state index contributed by atoms with van der Waals surface area (Å²) >= 11 is 0. The predicted molar refractivity (Wildman–Crippen MR) is 60.2 cm³/mol. The lowest BCUT2D eigenvalue weighted by Gasteiger charge is -2.39. The Bertz CT molecular complexity index is 179. The summed E-state index contributed by atoms with van der Waals surface area (Å²) in [5.74, 6) is 1.36. The molecule has 0 saturated heterocycles. The molecule has 88 valence electrons. The van der Waals surface area contributed by atoms with Gasteiger partial charge in [0.2, 0.25) is 0 Å². The van der Waals surface area contributed by atoms with Crippen molar-refractivity contribution in [2.75, 3.05) is 0 Å². The normalized spacial score (nSPS) is 27.4. The molecule has 2 N–H and O–H groups in total. The molecule has 0 amide bonds. The van der Waals surface area contributed by atoms with Gasteiger partial charge in [0.15, 0.2) is 6.29 Å². The Balaban J connectivity index is 1.95. The summed E-state index contributed by atoms with van der Waals surface area (Å²) < 4.78 is 0. The summed E-state index contributed by atoms with van der Waals surface area (Å²) in [6.45, 7) is 0. The minimum atomic E-state index is -1.07. The number of aliphatic hydroxyl groups is 2. The van der Waals surface area contributed by atoms with Crippen LogP contribution in [-0.4, -0.2) is 16.5 Å². The minimum Gasteiger partial charge on any atom is -0.368 e. The topological polar surface area (TPSA) is 40.5 Å². The van der Waals surface area contributed by atoms with Gasteiger partial charge in [0, 0.05) is 5.92 Å². The first-order valence-electron chi connectivity index (χ1n) is 6.65. The number of hydrogen-bond acceptors (Lipinski definition) is 2. The third-order valence-corrected chi connectivity index (χ3v) is 4.48. The van der Waals surface area contributed by atoms with E-state index in [9.17, 15) is 10.2 Å². The van der Waals surface area contributed by atoms with Gasteiger partial charge in [-0.25, -0.2) is 0 Å². The van der Waals surface area contributed by atoms with Crippen LogP contribution in [0.4, 0.5) is 0 Å². The molecule has 2 heteroatoms. The van der Waals surface area contributed by atoms with E-state index in [2.05, 4.69) is 0 Å². The molecule has 0 aliphatic heterocycles. The molecule has 2 nitrogen and oxygen atoms in total. The van der Waals surface area contributed by atoms with Crippen LogP contribution in [0.1, 0.15) is 57.8 Å². The molecular weight excluding hydrogens is 188 g/mol. The van der Waals surface area contributed by atoms with Crippen molar-refractivity contribution in [3.63, 3.8) is 0 Å². The Hall–Kier alpha value is -0.0800. The lowest BCUT2D eigenvalue weighted by atomic mass is 9.68. The van der Waals surface area contributed by atoms with Crippen LogP contribution in [0.2, 0.25) is 0 Å². The molecule has 2 saturated carbocycles. The lowest BCUT2D eigenvalue weighted by Crippen LogP contribution is -2.37. The van der Waals surface area contributed by atoms with Gasteiger partial charge in [-0.15, -0.1) is 0 Å². The molecule has 2 fully saturated rings. The van der Waals surface area contributed by atoms with Crippen molar-refractivity contribution in [2.24, 2.45) is 17.8 Å². The maximum absolute atomic E-state index is 9.55. The van der Waals surface area contributed by atoms with Gasteiger partial charge in [0.05, 0.1) is 0 Å². The van der Waals surface area contributed by atoms with Crippen LogP contribution in [-0.2, 0) is 0 Å². The third kappa shape index (κ3) is 2.73. The minimum absolute atomic E-state index is 0.178. The second kappa shape index (κ2) is 5.31. The van der Waals surface area contributed by atoms with Gasteiger partial charge in [0.25, 0.3) is 0 Å². The fourth-order valence-corrected chi connectivity index (χ4v) is 3.39. The zero-order chi connectivity index (χ0) is 10.7. The van der Waals surface area contributed by atoms with Gasteiger partial charge in [-0.1, -0.05) is 32.1 Å². The van der Waals surface area contributed by atoms with Crippen LogP contribution >= 0.6 is 0 Å². The molecule has 2 aliphatic carbocycles. The fraction of sp³-hybridized carbons (Fsp3) is 1.00. The standard InChI is InChI=1S/C13H24O2/c14-13(15)12(11-8-5-9-11)10-6-3-1-2-4-7-10/h10-15H,1-9H2. The van der Waals surface area contributed by atoms with Crippen LogP contribution in [0.3, 0.4) is 0 Å². The molecule has 2 aliphatic rings. The van der Waals surface area contributed by atoms with Crippen molar-refractivity contribution in [3.05, 3.63) is 0 Å². The molecule has 0 aromatic rings. The number of rotatable bonds is 3. The molecule has 2 rings (SSSR count). The van der Waals surface area contributed by atoms with Crippen LogP contribution in [0.15, 0.2) is 0 Å². The molecule has 1 unspecified atom stereocenters. The molecule has 1 atom stereocenters. The quantitative estimate of drug-likeness (QED) is 0.558. The Morgan fingerprint density at radius 3 is 1.47 bits per heavy atom. The highest BCUT2D eigenvalue weighted by atomic mass is 16.5. The smallest absolute Gasteiger partial charge is 0.154 e. The highest BCUT2D eigenvalue weighted by Crippen LogP contribution is 2.42. The first-order valence-corrected chi connectivity index (χ1v) is 6.65. The van der Waals surface area contributed by atoms with E-state index in [4.69, 9.17) is 0 Å². The molecule has 0 spiro atoms. The van der Waals surface area contributed by atoms with Crippen molar-refractivity contribution in [2.45, 2.75) is 64.1 Å². The zero-order valence-electron chi connectivity index (χ0n) is 9.57. The summed E-state index contributed by atoms with van der Waals surface area (Å²) in [5, 5.41) is 19.1. The van der Waals surface area contributed by atoms with Crippen LogP contribution in [0, 0.1) is 17.8 Å². The van der Waals surface area contributed by atoms with Crippen LogP contribution < -0.4 is 0 Å². The fourth-order valence-electron chi connectivity index (χ4n) is 3.39. The van der Waals surface area contributed by atoms with E-state index in [0.29, 0.717) is 11.8 Å². The Kier molecular flexibility index (Phi) is 4.04. The highest BCUT2D eigenvalue weighted by molar-refractivity contribution is 4.84. The summed E-state index contributed by atoms with van der Waals surface area (Å²) in [6, 6.07) is 0. The van der Waals surface area contributed by atoms with E-state index in [-0.39, 0.29) is 5.92 Å². The van der Waals surface area contributed by atoms with E-state index >= 15 is 0 Å². The Morgan fingerprint density at radius 1 is 0.667 bits per heavy atom. The summed E-state index contributed by atoms with van der Waals surface area (Å²) in [7, 11) is 0. The van der Waals surface area contributed by atoms with Crippen molar-refractivity contribution >= 4 is 0 Å². The van der Waals surface area contributed by atoms with Crippen molar-refractivity contribution in [1.29, 1.82) is 0 Å². The second-order valence-corrected chi connectivity index (χ2v) is 5.43. The van der Waals surface area contributed by atoms with Crippen LogP contribution in [0.5, 0.6) is 0 Å². The zero-order valence-corrected chi connectivity index (χ0v) is 9.57. The van der Waals surface area contributed by atoms with Gasteiger partial charge < -0.3 is 10.2 Å². The lowest BCUT2D eigenvalue weighted by molar-refractivity contribution is -0.131. The number of hydrogen-bond donors (Lipinski definition) is 2. The molecule has 0 bridgehead atoms. The van der Waals surface area contributed by atoms with E-state index in [1.54, 1.807) is 0 Å². The molecule has 0 radical (unpaired) electrons. The first kappa shape index (κ1) is 11.4. The Labute approximate surface area is 92.7 Å². The molecular formula is C13H24O2. The van der Waals surface area contributed by atoms with Gasteiger partial charge in [-0.2, -0.15) is 0 Å². The monoisotopic (exact) mass is 212 g/mol. The van der Waals surface area contributed by atoms with Crippen LogP contribution in [0.25, 0.3) is 0 Å². The van der Waals surface area contributed by atoms with E-state index < -0.39 is 6.29 Å². The van der Waals surface area contributed by atoms with Gasteiger partial charge in [-0.05, 0) is 37.5 Å². The molecule has 0 aromatic heterocycles. The second-order valence-electron chi connectivity index (χ2n) is 5.43. The van der Waals surface area contributed by atoms with E-state index in [1.807, 2.05) is 0 Å². The average Bonchev–Trinajstić information content (AvgIpc) is 2.38. The molecule has 0 aromatic carbocycles. The van der Waals surface area contributed by atoms with E-state index in [1.165, 1.54) is 57.8 Å². The summed E-state index contributed by atoms with van der Waals surface area (Å²) in [4.78, 5) is 0. The third-order valence-electron chi connectivity index (χ3n) is 4.48. The van der Waals surface area contributed by atoms with Gasteiger partial charge in [-0.3, -0.25) is 0 Å². The first-order chi connectivity index (χ1) is 7.29. The van der Waals surface area contributed by atoms with Crippen molar-refractivity contribution < 1.29 is 10.2 Å². The van der Waals surface area contributed by atoms with Crippen molar-refractivity contribution in [1.82, 2.24) is 0 Å². The van der Waals surface area contributed by atoms with Crippen molar-refractivity contribution in [3.8, 4) is 0 Å².